The summed E-state index contributed by atoms with van der Waals surface area (Å²) in [5.41, 5.74) is 2.55. The van der Waals surface area contributed by atoms with Crippen LogP contribution in [0.15, 0.2) is 47.6 Å². The Morgan fingerprint density at radius 3 is 2.75 bits per heavy atom. The van der Waals surface area contributed by atoms with Crippen LogP contribution in [-0.4, -0.2) is 40.3 Å². The highest BCUT2D eigenvalue weighted by Crippen LogP contribution is 2.26. The number of aromatic nitrogens is 2. The average Bonchev–Trinajstić information content (AvgIpc) is 3.22. The second-order valence-electron chi connectivity index (χ2n) is 5.96. The summed E-state index contributed by atoms with van der Waals surface area (Å²) in [5, 5.41) is 7.63. The van der Waals surface area contributed by atoms with Gasteiger partial charge in [-0.1, -0.05) is 30.3 Å². The molecule has 0 aliphatic carbocycles. The van der Waals surface area contributed by atoms with Crippen LogP contribution in [0.1, 0.15) is 30.5 Å². The Morgan fingerprint density at radius 2 is 2.08 bits per heavy atom. The number of hydrogen-bond acceptors (Lipinski definition) is 2. The fourth-order valence-electron chi connectivity index (χ4n) is 3.09. The first-order chi connectivity index (χ1) is 11.3. The van der Waals surface area contributed by atoms with Gasteiger partial charge in [-0.25, -0.2) is 4.99 Å². The molecular formula is C18H26IN5. The van der Waals surface area contributed by atoms with E-state index in [4.69, 9.17) is 4.99 Å². The minimum absolute atomic E-state index is 0. The maximum absolute atomic E-state index is 4.80. The van der Waals surface area contributed by atoms with Gasteiger partial charge in [-0.15, -0.1) is 24.0 Å². The van der Waals surface area contributed by atoms with E-state index in [1.807, 2.05) is 24.0 Å². The molecule has 1 aromatic carbocycles. The van der Waals surface area contributed by atoms with Gasteiger partial charge in [-0.3, -0.25) is 4.68 Å². The second-order valence-corrected chi connectivity index (χ2v) is 5.96. The van der Waals surface area contributed by atoms with Crippen LogP contribution in [0, 0.1) is 0 Å². The molecule has 1 aliphatic heterocycles. The lowest BCUT2D eigenvalue weighted by molar-refractivity contribution is 0.485. The van der Waals surface area contributed by atoms with E-state index in [9.17, 15) is 0 Å². The van der Waals surface area contributed by atoms with E-state index in [0.29, 0.717) is 12.5 Å². The molecule has 1 aromatic heterocycles. The number of aryl methyl sites for hydroxylation is 1. The van der Waals surface area contributed by atoms with Gasteiger partial charge in [0.1, 0.15) is 0 Å². The fourth-order valence-corrected chi connectivity index (χ4v) is 3.09. The van der Waals surface area contributed by atoms with Crippen LogP contribution in [0.3, 0.4) is 0 Å². The normalized spacial score (nSPS) is 17.7. The summed E-state index contributed by atoms with van der Waals surface area (Å²) in [6, 6.07) is 12.8. The lowest BCUT2D eigenvalue weighted by atomic mass is 9.99. The molecule has 5 nitrogen and oxygen atoms in total. The van der Waals surface area contributed by atoms with Crippen molar-refractivity contribution in [1.29, 1.82) is 0 Å². The summed E-state index contributed by atoms with van der Waals surface area (Å²) in [5.74, 6) is 1.60. The molecule has 0 amide bonds. The van der Waals surface area contributed by atoms with Crippen molar-refractivity contribution in [2.24, 2.45) is 12.0 Å². The van der Waals surface area contributed by atoms with Gasteiger partial charge < -0.3 is 10.2 Å². The van der Waals surface area contributed by atoms with Crippen LogP contribution in [-0.2, 0) is 13.6 Å². The van der Waals surface area contributed by atoms with Crippen LogP contribution in [0.2, 0.25) is 0 Å². The lowest BCUT2D eigenvalue weighted by Gasteiger charge is -2.21. The Labute approximate surface area is 161 Å². The molecule has 0 bridgehead atoms. The van der Waals surface area contributed by atoms with Gasteiger partial charge in [0, 0.05) is 38.8 Å². The van der Waals surface area contributed by atoms with E-state index < -0.39 is 0 Å². The molecular weight excluding hydrogens is 413 g/mol. The first kappa shape index (κ1) is 18.8. The van der Waals surface area contributed by atoms with Crippen molar-refractivity contribution in [3.05, 3.63) is 53.9 Å². The third kappa shape index (κ3) is 4.49. The van der Waals surface area contributed by atoms with Crippen molar-refractivity contribution < 1.29 is 0 Å². The summed E-state index contributed by atoms with van der Waals surface area (Å²) >= 11 is 0. The zero-order chi connectivity index (χ0) is 16.1. The van der Waals surface area contributed by atoms with E-state index in [0.717, 1.165) is 31.3 Å². The van der Waals surface area contributed by atoms with Gasteiger partial charge in [-0.2, -0.15) is 5.10 Å². The van der Waals surface area contributed by atoms with Crippen LogP contribution < -0.4 is 5.32 Å². The van der Waals surface area contributed by atoms with Gasteiger partial charge in [0.05, 0.1) is 12.2 Å². The number of hydrogen-bond donors (Lipinski definition) is 1. The van der Waals surface area contributed by atoms with Crippen molar-refractivity contribution in [2.75, 3.05) is 19.6 Å². The van der Waals surface area contributed by atoms with Crippen LogP contribution >= 0.6 is 24.0 Å². The standard InChI is InChI=1S/C18H25N5.HI/c1-3-19-18(20-13-17-9-11-21-22(17)2)23-12-10-16(14-23)15-7-5-4-6-8-15;/h4-9,11,16H,3,10,12-14H2,1-2H3,(H,19,20);1H. The van der Waals surface area contributed by atoms with Crippen LogP contribution in [0.5, 0.6) is 0 Å². The zero-order valence-corrected chi connectivity index (χ0v) is 16.7. The number of aliphatic imine (C=N–C) groups is 1. The minimum Gasteiger partial charge on any atom is -0.357 e. The largest absolute Gasteiger partial charge is 0.357 e. The van der Waals surface area contributed by atoms with Crippen molar-refractivity contribution in [3.63, 3.8) is 0 Å². The Hall–Kier alpha value is -1.57. The molecule has 3 rings (SSSR count). The van der Waals surface area contributed by atoms with E-state index in [2.05, 4.69) is 52.6 Å². The number of nitrogens with zero attached hydrogens (tertiary/aromatic N) is 4. The summed E-state index contributed by atoms with van der Waals surface area (Å²) < 4.78 is 1.88. The number of halogens is 1. The molecule has 0 spiro atoms. The van der Waals surface area contributed by atoms with Crippen molar-refractivity contribution >= 4 is 29.9 Å². The van der Waals surface area contributed by atoms with Gasteiger partial charge in [0.15, 0.2) is 5.96 Å². The Bertz CT molecular complexity index is 652. The molecule has 24 heavy (non-hydrogen) atoms. The summed E-state index contributed by atoms with van der Waals surface area (Å²) in [6.45, 7) is 5.74. The highest BCUT2D eigenvalue weighted by Gasteiger charge is 2.25. The summed E-state index contributed by atoms with van der Waals surface area (Å²) in [7, 11) is 1.96. The molecule has 1 fully saturated rings. The molecule has 0 saturated carbocycles. The Balaban J connectivity index is 0.00000208. The number of rotatable bonds is 4. The topological polar surface area (TPSA) is 45.5 Å². The van der Waals surface area contributed by atoms with Crippen molar-refractivity contribution in [3.8, 4) is 0 Å². The molecule has 130 valence electrons. The lowest BCUT2D eigenvalue weighted by Crippen LogP contribution is -2.40. The highest BCUT2D eigenvalue weighted by molar-refractivity contribution is 14.0. The molecule has 1 N–H and O–H groups in total. The molecule has 1 saturated heterocycles. The van der Waals surface area contributed by atoms with Gasteiger partial charge in [0.25, 0.3) is 0 Å². The van der Waals surface area contributed by atoms with E-state index in [-0.39, 0.29) is 24.0 Å². The van der Waals surface area contributed by atoms with Crippen molar-refractivity contribution in [2.45, 2.75) is 25.8 Å². The maximum atomic E-state index is 4.80. The molecule has 2 heterocycles. The first-order valence-electron chi connectivity index (χ1n) is 8.33. The molecule has 2 aromatic rings. The van der Waals surface area contributed by atoms with Crippen molar-refractivity contribution in [1.82, 2.24) is 20.0 Å². The summed E-state index contributed by atoms with van der Waals surface area (Å²) in [6.07, 6.45) is 3.00. The molecule has 6 heteroatoms. The number of likely N-dealkylation sites (tertiary alicyclic amines) is 1. The predicted octanol–water partition coefficient (Wildman–Crippen LogP) is 2.99. The Morgan fingerprint density at radius 1 is 1.29 bits per heavy atom. The second kappa shape index (κ2) is 9.05. The third-order valence-corrected chi connectivity index (χ3v) is 4.41. The van der Waals surface area contributed by atoms with Crippen LogP contribution in [0.4, 0.5) is 0 Å². The van der Waals surface area contributed by atoms with E-state index >= 15 is 0 Å². The highest BCUT2D eigenvalue weighted by atomic mass is 127. The molecule has 1 aliphatic rings. The average molecular weight is 439 g/mol. The SMILES string of the molecule is CCNC(=NCc1ccnn1C)N1CCC(c2ccccc2)C1.I. The first-order valence-corrected chi connectivity index (χ1v) is 8.33. The number of nitrogens with one attached hydrogen (secondary N) is 1. The minimum atomic E-state index is 0. The molecule has 1 unspecified atom stereocenters. The van der Waals surface area contributed by atoms with Gasteiger partial charge in [-0.05, 0) is 25.0 Å². The quantitative estimate of drug-likeness (QED) is 0.453. The summed E-state index contributed by atoms with van der Waals surface area (Å²) in [4.78, 5) is 7.17. The molecule has 1 atom stereocenters. The van der Waals surface area contributed by atoms with E-state index in [1.165, 1.54) is 12.0 Å². The Kier molecular flexibility index (Phi) is 7.08. The fraction of sp³-hybridized carbons (Fsp3) is 0.444. The van der Waals surface area contributed by atoms with Crippen LogP contribution in [0.25, 0.3) is 0 Å². The monoisotopic (exact) mass is 439 g/mol. The predicted molar refractivity (Wildman–Crippen MR) is 109 cm³/mol. The zero-order valence-electron chi connectivity index (χ0n) is 14.4. The number of benzene rings is 1. The van der Waals surface area contributed by atoms with Gasteiger partial charge in [0.2, 0.25) is 0 Å². The maximum Gasteiger partial charge on any atom is 0.194 e. The van der Waals surface area contributed by atoms with E-state index in [1.54, 1.807) is 0 Å². The smallest absolute Gasteiger partial charge is 0.194 e. The molecule has 0 radical (unpaired) electrons. The number of guanidine groups is 1. The van der Waals surface area contributed by atoms with Gasteiger partial charge >= 0.3 is 0 Å². The third-order valence-electron chi connectivity index (χ3n) is 4.41.